The number of aliphatic hydroxyl groups is 9. The summed E-state index contributed by atoms with van der Waals surface area (Å²) in [4.78, 5) is 0. The first kappa shape index (κ1) is 36.0. The normalized spacial score (nSPS) is 53.9. The molecule has 4 fully saturated rings. The zero-order chi connectivity index (χ0) is 32.7. The average Bonchev–Trinajstić information content (AvgIpc) is 2.98. The Morgan fingerprint density at radius 3 is 1.75 bits per heavy atom. The molecule has 20 heteroatoms. The number of nitrogens with two attached hydrogens (primary N) is 5. The van der Waals surface area contributed by atoms with E-state index in [4.69, 9.17) is 57.1 Å². The number of aliphatic hydroxyl groups excluding tert-OH is 9. The zero-order valence-corrected chi connectivity index (χ0v) is 23.8. The Kier molecular flexibility index (Phi) is 11.9. The molecule has 0 aromatic heterocycles. The molecule has 44 heavy (non-hydrogen) atoms. The van der Waals surface area contributed by atoms with Gasteiger partial charge in [-0.3, -0.25) is 5.73 Å². The second-order valence-electron chi connectivity index (χ2n) is 11.8. The highest BCUT2D eigenvalue weighted by Crippen LogP contribution is 2.36. The number of ether oxygens (including phenoxy) is 6. The zero-order valence-electron chi connectivity index (χ0n) is 23.8. The molecule has 1 saturated carbocycles. The Labute approximate surface area is 252 Å². The third kappa shape index (κ3) is 6.90. The molecule has 3 aliphatic heterocycles. The maximum Gasteiger partial charge on any atom is 0.187 e. The molecule has 19 N–H and O–H groups in total. The predicted molar refractivity (Wildman–Crippen MR) is 142 cm³/mol. The lowest BCUT2D eigenvalue weighted by atomic mass is 9.84. The molecular weight excluding hydrogens is 598 g/mol. The first-order valence-corrected chi connectivity index (χ1v) is 14.4. The minimum absolute atomic E-state index is 0.00226. The molecule has 0 bridgehead atoms. The molecule has 3 heterocycles. The summed E-state index contributed by atoms with van der Waals surface area (Å²) in [5, 5.41) is 93.1. The summed E-state index contributed by atoms with van der Waals surface area (Å²) in [5.41, 5.74) is 28.1. The highest BCUT2D eigenvalue weighted by atomic mass is 16.8. The van der Waals surface area contributed by atoms with E-state index < -0.39 is 136 Å². The van der Waals surface area contributed by atoms with Crippen LogP contribution in [0.15, 0.2) is 0 Å². The molecule has 0 amide bonds. The van der Waals surface area contributed by atoms with Crippen molar-refractivity contribution in [3.63, 3.8) is 0 Å². The van der Waals surface area contributed by atoms with Crippen molar-refractivity contribution in [1.29, 1.82) is 0 Å². The summed E-state index contributed by atoms with van der Waals surface area (Å²) in [6.07, 6.45) is -22.5. The Morgan fingerprint density at radius 2 is 1.20 bits per heavy atom. The van der Waals surface area contributed by atoms with Gasteiger partial charge in [0.2, 0.25) is 0 Å². The quantitative estimate of drug-likeness (QED) is 0.103. The van der Waals surface area contributed by atoms with Crippen LogP contribution in [0.2, 0.25) is 0 Å². The van der Waals surface area contributed by atoms with E-state index in [1.54, 1.807) is 0 Å². The van der Waals surface area contributed by atoms with Crippen LogP contribution >= 0.6 is 0 Å². The Balaban J connectivity index is 1.46. The van der Waals surface area contributed by atoms with Crippen molar-refractivity contribution in [2.75, 3.05) is 19.8 Å². The lowest BCUT2D eigenvalue weighted by molar-refractivity contribution is -0.386. The van der Waals surface area contributed by atoms with Gasteiger partial charge >= 0.3 is 0 Å². The maximum absolute atomic E-state index is 11.2. The van der Waals surface area contributed by atoms with Gasteiger partial charge in [0.1, 0.15) is 67.1 Å². The van der Waals surface area contributed by atoms with Gasteiger partial charge in [0, 0.05) is 25.0 Å². The van der Waals surface area contributed by atoms with E-state index in [9.17, 15) is 46.0 Å². The maximum atomic E-state index is 11.2. The summed E-state index contributed by atoms with van der Waals surface area (Å²) < 4.78 is 33.8. The van der Waals surface area contributed by atoms with Gasteiger partial charge in [-0.1, -0.05) is 0 Å². The second-order valence-corrected chi connectivity index (χ2v) is 11.8. The van der Waals surface area contributed by atoms with Gasteiger partial charge in [-0.25, -0.2) is 0 Å². The molecular formula is C24H47N5O15. The van der Waals surface area contributed by atoms with E-state index in [0.29, 0.717) is 0 Å². The minimum atomic E-state index is -2.29. The van der Waals surface area contributed by atoms with Crippen LogP contribution in [0.3, 0.4) is 0 Å². The second kappa shape index (κ2) is 14.5. The minimum Gasteiger partial charge on any atom is -0.394 e. The fourth-order valence-electron chi connectivity index (χ4n) is 5.97. The smallest absolute Gasteiger partial charge is 0.187 e. The van der Waals surface area contributed by atoms with Crippen LogP contribution in [-0.2, 0) is 28.4 Å². The van der Waals surface area contributed by atoms with Gasteiger partial charge in [0.15, 0.2) is 24.6 Å². The van der Waals surface area contributed by atoms with Crippen molar-refractivity contribution in [3.05, 3.63) is 0 Å². The molecule has 4 aliphatic rings. The molecule has 20 nitrogen and oxygen atoms in total. The topological polar surface area (TPSA) is 368 Å². The molecule has 3 saturated heterocycles. The van der Waals surface area contributed by atoms with E-state index in [0.717, 1.165) is 0 Å². The van der Waals surface area contributed by atoms with Crippen LogP contribution in [0.5, 0.6) is 0 Å². The van der Waals surface area contributed by atoms with Crippen molar-refractivity contribution in [3.8, 4) is 0 Å². The Bertz CT molecular complexity index is 927. The number of hydrogen-bond donors (Lipinski definition) is 14. The third-order valence-electron chi connectivity index (χ3n) is 8.70. The van der Waals surface area contributed by atoms with Crippen molar-refractivity contribution >= 4 is 0 Å². The van der Waals surface area contributed by atoms with Gasteiger partial charge < -0.3 is 97.3 Å². The molecule has 0 spiro atoms. The lowest BCUT2D eigenvalue weighted by Gasteiger charge is -2.52. The highest BCUT2D eigenvalue weighted by Gasteiger charge is 2.58. The van der Waals surface area contributed by atoms with Gasteiger partial charge in [0.05, 0.1) is 25.4 Å². The Morgan fingerprint density at radius 1 is 0.659 bits per heavy atom. The monoisotopic (exact) mass is 645 g/mol. The summed E-state index contributed by atoms with van der Waals surface area (Å²) in [6, 6.07) is -3.13. The molecule has 19 atom stereocenters. The van der Waals surface area contributed by atoms with Gasteiger partial charge in [-0.05, 0) is 6.42 Å². The molecule has 0 aromatic carbocycles. The van der Waals surface area contributed by atoms with Crippen LogP contribution < -0.4 is 28.7 Å². The van der Waals surface area contributed by atoms with Crippen LogP contribution in [0.1, 0.15) is 12.8 Å². The average molecular weight is 646 g/mol. The molecule has 0 aromatic rings. The molecule has 4 rings (SSSR count). The van der Waals surface area contributed by atoms with E-state index in [2.05, 4.69) is 0 Å². The third-order valence-corrected chi connectivity index (χ3v) is 8.70. The first-order valence-electron chi connectivity index (χ1n) is 14.4. The van der Waals surface area contributed by atoms with E-state index >= 15 is 0 Å². The van der Waals surface area contributed by atoms with Gasteiger partial charge in [-0.15, -0.1) is 0 Å². The lowest BCUT2D eigenvalue weighted by Crippen LogP contribution is -2.75. The first-order chi connectivity index (χ1) is 20.7. The fraction of sp³-hybridized carbons (Fsp3) is 1.00. The van der Waals surface area contributed by atoms with Crippen LogP contribution in [0.4, 0.5) is 0 Å². The van der Waals surface area contributed by atoms with Crippen molar-refractivity contribution < 1.29 is 74.4 Å². The van der Waals surface area contributed by atoms with E-state index in [1.807, 2.05) is 0 Å². The summed E-state index contributed by atoms with van der Waals surface area (Å²) >= 11 is 0. The van der Waals surface area contributed by atoms with E-state index in [-0.39, 0.29) is 12.8 Å². The fourth-order valence-corrected chi connectivity index (χ4v) is 5.97. The largest absolute Gasteiger partial charge is 0.394 e. The predicted octanol–water partition coefficient (Wildman–Crippen LogP) is -9.15. The number of rotatable bonds is 9. The number of hydrogen-bond acceptors (Lipinski definition) is 20. The van der Waals surface area contributed by atoms with Crippen LogP contribution in [0.25, 0.3) is 0 Å². The summed E-state index contributed by atoms with van der Waals surface area (Å²) in [5.74, 6) is 0. The molecule has 258 valence electrons. The highest BCUT2D eigenvalue weighted by molar-refractivity contribution is 5.04. The van der Waals surface area contributed by atoms with Gasteiger partial charge in [-0.2, -0.15) is 0 Å². The van der Waals surface area contributed by atoms with Crippen molar-refractivity contribution in [2.24, 2.45) is 28.7 Å². The molecule has 1 aliphatic carbocycles. The summed E-state index contributed by atoms with van der Waals surface area (Å²) in [6.45, 7) is -1.65. The van der Waals surface area contributed by atoms with E-state index in [1.165, 1.54) is 0 Å². The SMILES string of the molecule is NCC1OC(OC2C(N)CC(N)C(OC3OC(CO)C(O)C(N)C3O)C2O)C(O)C(O)C1(N)O[C@H]1O[C@H](CO)[C@@H](O)C[C@H]1O. The van der Waals surface area contributed by atoms with Gasteiger partial charge in [0.25, 0.3) is 0 Å². The molecule has 15 unspecified atom stereocenters. The van der Waals surface area contributed by atoms with Crippen molar-refractivity contribution in [1.82, 2.24) is 0 Å². The Hall–Kier alpha value is -0.800. The van der Waals surface area contributed by atoms with Crippen LogP contribution in [-0.4, -0.2) is 182 Å². The molecule has 0 radical (unpaired) electrons. The summed E-state index contributed by atoms with van der Waals surface area (Å²) in [7, 11) is 0. The standard InChI is InChI=1S/C24H47N5O15/c25-3-12-24(29,44-21-9(33)2-8(32)10(4-30)39-21)20(38)17(37)23(41-12)43-19-7(27)1-6(26)18(16(19)36)42-22-15(35)13(28)14(34)11(5-31)40-22/h6-23,30-38H,1-5,25-29H2/t6?,7?,8-,9+,10+,11?,12?,13?,14?,15?,16?,17?,18?,19?,20?,21+,22?,23?,24?/m0/s1. The van der Waals surface area contributed by atoms with Crippen LogP contribution in [0, 0.1) is 0 Å². The van der Waals surface area contributed by atoms with Crippen molar-refractivity contribution in [2.45, 2.75) is 129 Å².